The minimum Gasteiger partial charge on any atom is -0.469 e. The fraction of sp³-hybridized carbons (Fsp3) is 0.167. The summed E-state index contributed by atoms with van der Waals surface area (Å²) in [6, 6.07) is 6.07. The van der Waals surface area contributed by atoms with Crippen LogP contribution in [-0.2, 0) is 11.2 Å². The van der Waals surface area contributed by atoms with Crippen molar-refractivity contribution in [3.05, 3.63) is 57.9 Å². The van der Waals surface area contributed by atoms with Crippen LogP contribution >= 0.6 is 34.7 Å². The van der Waals surface area contributed by atoms with Gasteiger partial charge in [-0.3, -0.25) is 14.9 Å². The summed E-state index contributed by atoms with van der Waals surface area (Å²) >= 11 is 7.39. The number of thiazole rings is 1. The van der Waals surface area contributed by atoms with Gasteiger partial charge in [-0.05, 0) is 25.1 Å². The molecule has 2 amide bonds. The summed E-state index contributed by atoms with van der Waals surface area (Å²) in [6.45, 7) is 1.67. The molecule has 152 valence electrons. The number of rotatable bonds is 7. The molecule has 2 aromatic heterocycles. The third-order valence-electron chi connectivity index (χ3n) is 3.67. The van der Waals surface area contributed by atoms with E-state index >= 15 is 0 Å². The molecule has 0 saturated carbocycles. The highest BCUT2D eigenvalue weighted by Gasteiger charge is 2.17. The second-order valence-electron chi connectivity index (χ2n) is 5.71. The van der Waals surface area contributed by atoms with E-state index in [9.17, 15) is 18.4 Å². The van der Waals surface area contributed by atoms with E-state index in [1.54, 1.807) is 24.4 Å². The molecule has 0 fully saturated rings. The number of furan rings is 1. The molecule has 3 rings (SSSR count). The molecule has 0 aliphatic heterocycles. The number of carbonyl (C=O) groups is 2. The normalized spacial score (nSPS) is 10.9. The molecule has 2 N–H and O–H groups in total. The number of aryl methyl sites for hydroxylation is 1. The summed E-state index contributed by atoms with van der Waals surface area (Å²) in [5, 5.41) is 7.30. The number of thioether (sulfide) groups is 1. The molecule has 0 atom stereocenters. The lowest BCUT2D eigenvalue weighted by atomic mass is 10.2. The first-order valence-electron chi connectivity index (χ1n) is 8.16. The van der Waals surface area contributed by atoms with Crippen molar-refractivity contribution >= 4 is 57.3 Å². The minimum atomic E-state index is -2.67. The Bertz CT molecular complexity index is 1040. The van der Waals surface area contributed by atoms with Crippen LogP contribution in [0.2, 0.25) is 5.02 Å². The quantitative estimate of drug-likeness (QED) is 0.461. The predicted molar refractivity (Wildman–Crippen MR) is 109 cm³/mol. The molecule has 0 aliphatic rings. The van der Waals surface area contributed by atoms with E-state index in [2.05, 4.69) is 15.6 Å². The zero-order chi connectivity index (χ0) is 21.0. The fourth-order valence-corrected chi connectivity index (χ4v) is 4.02. The van der Waals surface area contributed by atoms with E-state index in [4.69, 9.17) is 16.0 Å². The number of nitrogens with one attached hydrogen (secondary N) is 2. The van der Waals surface area contributed by atoms with Gasteiger partial charge in [0.2, 0.25) is 5.91 Å². The van der Waals surface area contributed by atoms with Crippen LogP contribution in [0.5, 0.6) is 0 Å². The van der Waals surface area contributed by atoms with Crippen LogP contribution in [0.1, 0.15) is 21.8 Å². The SMILES string of the molecule is Cc1occc1C(=O)Nc1nc(CC(=O)Nc2cccc(Cl)c2SC(F)F)cs1. The Labute approximate surface area is 177 Å². The third kappa shape index (κ3) is 5.55. The summed E-state index contributed by atoms with van der Waals surface area (Å²) in [5.74, 6) is -3.00. The number of amides is 2. The number of halogens is 3. The summed E-state index contributed by atoms with van der Waals surface area (Å²) in [7, 11) is 0. The first kappa shape index (κ1) is 21.3. The molecule has 11 heteroatoms. The Morgan fingerprint density at radius 3 is 2.79 bits per heavy atom. The molecule has 0 spiro atoms. The lowest BCUT2D eigenvalue weighted by Gasteiger charge is -2.11. The molecule has 0 saturated heterocycles. The Balaban J connectivity index is 1.63. The van der Waals surface area contributed by atoms with E-state index in [0.717, 1.165) is 0 Å². The number of aromatic nitrogens is 1. The van der Waals surface area contributed by atoms with Crippen LogP contribution in [0.25, 0.3) is 0 Å². The number of carbonyl (C=O) groups excluding carboxylic acids is 2. The molecule has 3 aromatic rings. The van der Waals surface area contributed by atoms with Crippen molar-refractivity contribution in [1.82, 2.24) is 4.98 Å². The van der Waals surface area contributed by atoms with Gasteiger partial charge in [0, 0.05) is 5.38 Å². The summed E-state index contributed by atoms with van der Waals surface area (Å²) in [5.41, 5.74) is 1.02. The molecule has 0 bridgehead atoms. The van der Waals surface area contributed by atoms with Crippen molar-refractivity contribution in [2.45, 2.75) is 24.0 Å². The van der Waals surface area contributed by atoms with Gasteiger partial charge < -0.3 is 9.73 Å². The van der Waals surface area contributed by atoms with E-state index < -0.39 is 11.7 Å². The van der Waals surface area contributed by atoms with E-state index in [0.29, 0.717) is 22.1 Å². The van der Waals surface area contributed by atoms with Crippen molar-refractivity contribution in [2.75, 3.05) is 10.6 Å². The van der Waals surface area contributed by atoms with Crippen molar-refractivity contribution in [2.24, 2.45) is 0 Å². The van der Waals surface area contributed by atoms with Crippen LogP contribution in [0, 0.1) is 6.92 Å². The van der Waals surface area contributed by atoms with Gasteiger partial charge in [-0.1, -0.05) is 29.4 Å². The molecule has 6 nitrogen and oxygen atoms in total. The van der Waals surface area contributed by atoms with Crippen molar-refractivity contribution in [3.63, 3.8) is 0 Å². The number of anilines is 2. The zero-order valence-electron chi connectivity index (χ0n) is 14.9. The second kappa shape index (κ2) is 9.38. The maximum Gasteiger partial charge on any atom is 0.289 e. The van der Waals surface area contributed by atoms with Crippen LogP contribution in [0.15, 0.2) is 45.2 Å². The second-order valence-corrected chi connectivity index (χ2v) is 7.97. The summed E-state index contributed by atoms with van der Waals surface area (Å²) in [6.07, 6.45) is 1.32. The molecule has 1 aromatic carbocycles. The molecule has 0 aliphatic carbocycles. The molecular weight excluding hydrogens is 444 g/mol. The Morgan fingerprint density at radius 2 is 2.10 bits per heavy atom. The number of hydrogen-bond donors (Lipinski definition) is 2. The van der Waals surface area contributed by atoms with Crippen LogP contribution < -0.4 is 10.6 Å². The number of hydrogen-bond acceptors (Lipinski definition) is 6. The van der Waals surface area contributed by atoms with Crippen LogP contribution in [0.4, 0.5) is 19.6 Å². The average molecular weight is 458 g/mol. The molecule has 2 heterocycles. The average Bonchev–Trinajstić information content (AvgIpc) is 3.26. The first-order valence-corrected chi connectivity index (χ1v) is 10.3. The third-order valence-corrected chi connectivity index (χ3v) is 5.75. The number of nitrogens with zero attached hydrogens (tertiary/aromatic N) is 1. The molecule has 0 radical (unpaired) electrons. The Kier molecular flexibility index (Phi) is 6.88. The lowest BCUT2D eigenvalue weighted by Crippen LogP contribution is -2.16. The Morgan fingerprint density at radius 1 is 1.31 bits per heavy atom. The van der Waals surface area contributed by atoms with Gasteiger partial charge in [0.15, 0.2) is 5.13 Å². The largest absolute Gasteiger partial charge is 0.469 e. The topological polar surface area (TPSA) is 84.2 Å². The summed E-state index contributed by atoms with van der Waals surface area (Å²) < 4.78 is 30.6. The molecule has 29 heavy (non-hydrogen) atoms. The van der Waals surface area contributed by atoms with Gasteiger partial charge in [-0.25, -0.2) is 4.98 Å². The lowest BCUT2D eigenvalue weighted by molar-refractivity contribution is -0.115. The van der Waals surface area contributed by atoms with Gasteiger partial charge in [-0.2, -0.15) is 8.78 Å². The molecular formula is C18H14ClF2N3O3S2. The number of benzene rings is 1. The first-order chi connectivity index (χ1) is 13.8. The van der Waals surface area contributed by atoms with Gasteiger partial charge in [0.05, 0.1) is 39.5 Å². The minimum absolute atomic E-state index is 0.0948. The van der Waals surface area contributed by atoms with Gasteiger partial charge in [0.1, 0.15) is 5.76 Å². The van der Waals surface area contributed by atoms with Crippen LogP contribution in [0.3, 0.4) is 0 Å². The number of alkyl halides is 2. The highest BCUT2D eigenvalue weighted by Crippen LogP contribution is 2.37. The van der Waals surface area contributed by atoms with E-state index in [1.807, 2.05) is 0 Å². The maximum atomic E-state index is 12.7. The van der Waals surface area contributed by atoms with Crippen LogP contribution in [-0.4, -0.2) is 22.6 Å². The van der Waals surface area contributed by atoms with E-state index in [1.165, 1.54) is 29.7 Å². The highest BCUT2D eigenvalue weighted by molar-refractivity contribution is 7.99. The maximum absolute atomic E-state index is 12.7. The Hall–Kier alpha value is -2.43. The predicted octanol–water partition coefficient (Wildman–Crippen LogP) is 5.45. The highest BCUT2D eigenvalue weighted by atomic mass is 35.5. The smallest absolute Gasteiger partial charge is 0.289 e. The van der Waals surface area contributed by atoms with Crippen molar-refractivity contribution < 1.29 is 22.8 Å². The standard InChI is InChI=1S/C18H14ClF2N3O3S2/c1-9-11(5-6-27-9)16(26)24-18-22-10(8-28-18)7-14(25)23-13-4-2-3-12(19)15(13)29-17(20)21/h2-6,8,17H,7H2,1H3,(H,23,25)(H,22,24,26). The van der Waals surface area contributed by atoms with Crippen molar-refractivity contribution in [1.29, 1.82) is 0 Å². The van der Waals surface area contributed by atoms with Crippen molar-refractivity contribution in [3.8, 4) is 0 Å². The fourth-order valence-electron chi connectivity index (χ4n) is 2.41. The zero-order valence-corrected chi connectivity index (χ0v) is 17.3. The monoisotopic (exact) mass is 457 g/mol. The van der Waals surface area contributed by atoms with Gasteiger partial charge >= 0.3 is 0 Å². The summed E-state index contributed by atoms with van der Waals surface area (Å²) in [4.78, 5) is 28.8. The molecule has 0 unspecified atom stereocenters. The van der Waals surface area contributed by atoms with Gasteiger partial charge in [0.25, 0.3) is 11.7 Å². The van der Waals surface area contributed by atoms with E-state index in [-0.39, 0.29) is 39.7 Å². The van der Waals surface area contributed by atoms with Gasteiger partial charge in [-0.15, -0.1) is 11.3 Å².